The van der Waals surface area contributed by atoms with E-state index in [4.69, 9.17) is 5.73 Å². The molecule has 0 aliphatic carbocycles. The number of alkyl halides is 3. The first-order valence-corrected chi connectivity index (χ1v) is 6.58. The second-order valence-corrected chi connectivity index (χ2v) is 5.86. The van der Waals surface area contributed by atoms with Crippen molar-refractivity contribution < 1.29 is 22.2 Å². The Balaban J connectivity index is 4.25. The number of carbonyl (C=O) groups is 1. The second-order valence-electron chi connectivity index (χ2n) is 4.05. The van der Waals surface area contributed by atoms with Gasteiger partial charge in [0.1, 0.15) is 0 Å². The molecule has 1 amide bonds. The molecule has 0 spiro atoms. The molecule has 0 saturated carbocycles. The van der Waals surface area contributed by atoms with Crippen molar-refractivity contribution in [1.29, 1.82) is 0 Å². The normalized spacial score (nSPS) is 19.2. The van der Waals surface area contributed by atoms with Crippen molar-refractivity contribution in [2.45, 2.75) is 37.2 Å². The zero-order valence-corrected chi connectivity index (χ0v) is 10.7. The van der Waals surface area contributed by atoms with Gasteiger partial charge < -0.3 is 11.1 Å². The SMILES string of the molecule is CC(CCNC(=O)C(C)(N)C(F)(F)F)S(C)=O. The number of carbonyl (C=O) groups excluding carboxylic acids is 1. The van der Waals surface area contributed by atoms with Crippen LogP contribution in [0.25, 0.3) is 0 Å². The summed E-state index contributed by atoms with van der Waals surface area (Å²) in [5, 5.41) is 1.91. The maximum atomic E-state index is 12.4. The topological polar surface area (TPSA) is 72.2 Å². The lowest BCUT2D eigenvalue weighted by molar-refractivity contribution is -0.187. The van der Waals surface area contributed by atoms with Crippen LogP contribution in [0.1, 0.15) is 20.3 Å². The van der Waals surface area contributed by atoms with Crippen molar-refractivity contribution >= 4 is 16.7 Å². The zero-order chi connectivity index (χ0) is 13.9. The Labute approximate surface area is 101 Å². The molecular formula is C9H17F3N2O2S. The van der Waals surface area contributed by atoms with E-state index in [2.05, 4.69) is 5.32 Å². The van der Waals surface area contributed by atoms with Gasteiger partial charge >= 0.3 is 6.18 Å². The monoisotopic (exact) mass is 274 g/mol. The maximum absolute atomic E-state index is 12.4. The van der Waals surface area contributed by atoms with Crippen LogP contribution < -0.4 is 11.1 Å². The summed E-state index contributed by atoms with van der Waals surface area (Å²) >= 11 is 0. The molecule has 0 aromatic heterocycles. The minimum absolute atomic E-state index is 0.0163. The van der Waals surface area contributed by atoms with Crippen LogP contribution in [0, 0.1) is 0 Å². The standard InChI is InChI=1S/C9H17F3N2O2S/c1-6(17(3)16)4-5-14-7(15)8(2,13)9(10,11)12/h6H,4-5,13H2,1-3H3,(H,14,15). The summed E-state index contributed by atoms with van der Waals surface area (Å²) in [6.07, 6.45) is -2.96. The summed E-state index contributed by atoms with van der Waals surface area (Å²) in [6, 6.07) is 0. The number of nitrogens with one attached hydrogen (secondary N) is 1. The van der Waals surface area contributed by atoms with Crippen molar-refractivity contribution in [2.24, 2.45) is 5.73 Å². The molecule has 0 heterocycles. The smallest absolute Gasteiger partial charge is 0.354 e. The molecular weight excluding hydrogens is 257 g/mol. The van der Waals surface area contributed by atoms with Gasteiger partial charge in [-0.25, -0.2) is 0 Å². The summed E-state index contributed by atoms with van der Waals surface area (Å²) in [7, 11) is -1.07. The van der Waals surface area contributed by atoms with Crippen molar-refractivity contribution in [1.82, 2.24) is 5.32 Å². The largest absolute Gasteiger partial charge is 0.415 e. The third-order valence-corrected chi connectivity index (χ3v) is 3.83. The Hall–Kier alpha value is -0.630. The third kappa shape index (κ3) is 4.63. The van der Waals surface area contributed by atoms with E-state index >= 15 is 0 Å². The van der Waals surface area contributed by atoms with E-state index in [1.165, 1.54) is 6.26 Å². The van der Waals surface area contributed by atoms with Gasteiger partial charge in [-0.1, -0.05) is 6.92 Å². The van der Waals surface area contributed by atoms with Crippen LogP contribution in [-0.4, -0.2) is 39.9 Å². The van der Waals surface area contributed by atoms with Crippen LogP contribution in [0.2, 0.25) is 0 Å². The molecule has 4 nitrogen and oxygen atoms in total. The Bertz CT molecular complexity index is 305. The summed E-state index contributed by atoms with van der Waals surface area (Å²) < 4.78 is 48.1. The fourth-order valence-corrected chi connectivity index (χ4v) is 1.32. The fraction of sp³-hybridized carbons (Fsp3) is 0.889. The van der Waals surface area contributed by atoms with Gasteiger partial charge in [0.15, 0.2) is 5.54 Å². The Morgan fingerprint density at radius 2 is 1.94 bits per heavy atom. The van der Waals surface area contributed by atoms with Gasteiger partial charge in [0.25, 0.3) is 0 Å². The van der Waals surface area contributed by atoms with E-state index in [-0.39, 0.29) is 11.8 Å². The molecule has 3 atom stereocenters. The molecule has 102 valence electrons. The number of nitrogens with two attached hydrogens (primary N) is 1. The number of hydrogen-bond acceptors (Lipinski definition) is 3. The molecule has 0 radical (unpaired) electrons. The van der Waals surface area contributed by atoms with Gasteiger partial charge in [-0.2, -0.15) is 13.2 Å². The van der Waals surface area contributed by atoms with Gasteiger partial charge in [-0.05, 0) is 13.3 Å². The average molecular weight is 274 g/mol. The fourth-order valence-electron chi connectivity index (χ4n) is 0.867. The predicted octanol–water partition coefficient (Wildman–Crippen LogP) is 0.539. The summed E-state index contributed by atoms with van der Waals surface area (Å²) in [5.41, 5.74) is 2.02. The summed E-state index contributed by atoms with van der Waals surface area (Å²) in [5.74, 6) is -1.28. The lowest BCUT2D eigenvalue weighted by Crippen LogP contribution is -2.61. The number of halogens is 3. The number of amides is 1. The summed E-state index contributed by atoms with van der Waals surface area (Å²) in [4.78, 5) is 11.2. The lowest BCUT2D eigenvalue weighted by atomic mass is 10.0. The Morgan fingerprint density at radius 3 is 2.29 bits per heavy atom. The predicted molar refractivity (Wildman–Crippen MR) is 59.8 cm³/mol. The van der Waals surface area contributed by atoms with E-state index in [1.54, 1.807) is 6.92 Å². The van der Waals surface area contributed by atoms with E-state index in [9.17, 15) is 22.2 Å². The molecule has 0 fully saturated rings. The van der Waals surface area contributed by atoms with Crippen molar-refractivity contribution in [3.05, 3.63) is 0 Å². The molecule has 0 aromatic carbocycles. The van der Waals surface area contributed by atoms with Crippen LogP contribution in [-0.2, 0) is 15.6 Å². The number of hydrogen-bond donors (Lipinski definition) is 2. The first-order chi connectivity index (χ1) is 7.50. The minimum atomic E-state index is -4.80. The van der Waals surface area contributed by atoms with Gasteiger partial charge in [0, 0.05) is 28.9 Å². The highest BCUT2D eigenvalue weighted by atomic mass is 32.2. The molecule has 0 saturated heterocycles. The molecule has 0 aliphatic rings. The second kappa shape index (κ2) is 5.81. The quantitative estimate of drug-likeness (QED) is 0.768. The van der Waals surface area contributed by atoms with Gasteiger partial charge in [-0.15, -0.1) is 0 Å². The van der Waals surface area contributed by atoms with Gasteiger partial charge in [0.05, 0.1) is 0 Å². The third-order valence-electron chi connectivity index (χ3n) is 2.46. The van der Waals surface area contributed by atoms with Crippen LogP contribution >= 0.6 is 0 Å². The van der Waals surface area contributed by atoms with Gasteiger partial charge in [-0.3, -0.25) is 9.00 Å². The highest BCUT2D eigenvalue weighted by Gasteiger charge is 2.53. The van der Waals surface area contributed by atoms with Crippen molar-refractivity contribution in [2.75, 3.05) is 12.8 Å². The van der Waals surface area contributed by atoms with E-state index in [0.717, 1.165) is 0 Å². The Morgan fingerprint density at radius 1 is 1.47 bits per heavy atom. The molecule has 17 heavy (non-hydrogen) atoms. The molecule has 0 rings (SSSR count). The lowest BCUT2D eigenvalue weighted by Gasteiger charge is -2.26. The molecule has 0 aromatic rings. The van der Waals surface area contributed by atoms with Crippen LogP contribution in [0.3, 0.4) is 0 Å². The van der Waals surface area contributed by atoms with E-state index < -0.39 is 28.4 Å². The summed E-state index contributed by atoms with van der Waals surface area (Å²) in [6.45, 7) is 2.32. The number of rotatable bonds is 5. The molecule has 0 aliphatic heterocycles. The maximum Gasteiger partial charge on any atom is 0.415 e. The van der Waals surface area contributed by atoms with E-state index in [1.807, 2.05) is 0 Å². The molecule has 0 bridgehead atoms. The van der Waals surface area contributed by atoms with Crippen molar-refractivity contribution in [3.63, 3.8) is 0 Å². The molecule has 3 unspecified atom stereocenters. The van der Waals surface area contributed by atoms with Crippen LogP contribution in [0.15, 0.2) is 0 Å². The highest BCUT2D eigenvalue weighted by Crippen LogP contribution is 2.27. The zero-order valence-electron chi connectivity index (χ0n) is 9.93. The highest BCUT2D eigenvalue weighted by molar-refractivity contribution is 7.84. The Kier molecular flexibility index (Phi) is 5.60. The van der Waals surface area contributed by atoms with E-state index in [0.29, 0.717) is 13.3 Å². The van der Waals surface area contributed by atoms with Crippen LogP contribution in [0.4, 0.5) is 13.2 Å². The first-order valence-electron chi connectivity index (χ1n) is 4.96. The van der Waals surface area contributed by atoms with Gasteiger partial charge in [0.2, 0.25) is 5.91 Å². The molecule has 3 N–H and O–H groups in total. The van der Waals surface area contributed by atoms with Crippen LogP contribution in [0.5, 0.6) is 0 Å². The van der Waals surface area contributed by atoms with Crippen molar-refractivity contribution in [3.8, 4) is 0 Å². The average Bonchev–Trinajstić information content (AvgIpc) is 2.15. The first kappa shape index (κ1) is 16.4. The molecule has 8 heteroatoms. The minimum Gasteiger partial charge on any atom is -0.354 e.